The number of carbonyl (C=O) groups is 2. The molecule has 0 aromatic carbocycles. The number of fused-ring (bicyclic) bond motifs is 5. The summed E-state index contributed by atoms with van der Waals surface area (Å²) in [5.74, 6) is -0.578. The van der Waals surface area contributed by atoms with Gasteiger partial charge in [-0.1, -0.05) is 12.5 Å². The molecule has 0 spiro atoms. The second kappa shape index (κ2) is 4.77. The lowest BCUT2D eigenvalue weighted by atomic mass is 9.43. The molecule has 4 rings (SSSR count). The Balaban J connectivity index is 1.86. The second-order valence-corrected chi connectivity index (χ2v) is 8.76. The number of hydrogen-bond acceptors (Lipinski definition) is 5. The third kappa shape index (κ3) is 1.71. The van der Waals surface area contributed by atoms with Crippen molar-refractivity contribution in [1.82, 2.24) is 0 Å². The van der Waals surface area contributed by atoms with Crippen LogP contribution in [0.5, 0.6) is 0 Å². The molecule has 3 fully saturated rings. The molecule has 4 aliphatic rings. The van der Waals surface area contributed by atoms with Crippen LogP contribution in [-0.4, -0.2) is 44.7 Å². The molecule has 0 aromatic rings. The first-order chi connectivity index (χ1) is 11.1. The Hall–Kier alpha value is -1.04. The van der Waals surface area contributed by atoms with Crippen molar-refractivity contribution in [3.8, 4) is 0 Å². The predicted molar refractivity (Wildman–Crippen MR) is 86.0 cm³/mol. The molecule has 132 valence electrons. The topological polar surface area (TPSA) is 94.8 Å². The van der Waals surface area contributed by atoms with Crippen LogP contribution in [0.1, 0.15) is 52.4 Å². The maximum absolute atomic E-state index is 12.5. The number of rotatable bonds is 0. The maximum atomic E-state index is 12.5. The lowest BCUT2D eigenvalue weighted by Crippen LogP contribution is -2.70. The third-order valence-corrected chi connectivity index (χ3v) is 7.95. The van der Waals surface area contributed by atoms with Crippen LogP contribution in [0.2, 0.25) is 0 Å². The molecule has 7 atom stereocenters. The quantitative estimate of drug-likeness (QED) is 0.618. The Bertz CT molecular complexity index is 654. The van der Waals surface area contributed by atoms with Crippen LogP contribution in [0.25, 0.3) is 0 Å². The third-order valence-electron chi connectivity index (χ3n) is 7.95. The summed E-state index contributed by atoms with van der Waals surface area (Å²) in [7, 11) is 0. The number of aliphatic hydroxyl groups is 3. The van der Waals surface area contributed by atoms with E-state index in [0.717, 1.165) is 5.57 Å². The maximum Gasteiger partial charge on any atom is 0.155 e. The van der Waals surface area contributed by atoms with Gasteiger partial charge >= 0.3 is 0 Å². The van der Waals surface area contributed by atoms with Crippen LogP contribution in [-0.2, 0) is 9.59 Å². The fourth-order valence-electron chi connectivity index (χ4n) is 6.29. The Kier molecular flexibility index (Phi) is 3.27. The minimum atomic E-state index is -1.29. The van der Waals surface area contributed by atoms with Crippen molar-refractivity contribution < 1.29 is 24.9 Å². The molecular weight excluding hydrogens is 308 g/mol. The van der Waals surface area contributed by atoms with E-state index < -0.39 is 34.6 Å². The molecule has 0 radical (unpaired) electrons. The van der Waals surface area contributed by atoms with Crippen molar-refractivity contribution in [1.29, 1.82) is 0 Å². The SMILES string of the molecule is C[C@@]12C(=O)CC[C@H]1[C@@H]1C(O)CC3=CC(=O)CC[C@]3(C)[C@]1(O)CC2O. The van der Waals surface area contributed by atoms with Crippen molar-refractivity contribution in [3.05, 3.63) is 11.6 Å². The van der Waals surface area contributed by atoms with E-state index in [2.05, 4.69) is 0 Å². The average Bonchev–Trinajstić information content (AvgIpc) is 2.80. The van der Waals surface area contributed by atoms with E-state index in [1.54, 1.807) is 13.0 Å². The molecule has 3 saturated carbocycles. The van der Waals surface area contributed by atoms with Gasteiger partial charge in [0.25, 0.3) is 0 Å². The Morgan fingerprint density at radius 2 is 1.88 bits per heavy atom. The molecule has 24 heavy (non-hydrogen) atoms. The van der Waals surface area contributed by atoms with Gasteiger partial charge in [-0.15, -0.1) is 0 Å². The average molecular weight is 334 g/mol. The zero-order valence-corrected chi connectivity index (χ0v) is 14.3. The second-order valence-electron chi connectivity index (χ2n) is 8.76. The Morgan fingerprint density at radius 3 is 2.58 bits per heavy atom. The lowest BCUT2D eigenvalue weighted by molar-refractivity contribution is -0.242. The van der Waals surface area contributed by atoms with E-state index in [4.69, 9.17) is 0 Å². The first-order valence-corrected chi connectivity index (χ1v) is 9.00. The highest BCUT2D eigenvalue weighted by molar-refractivity contribution is 5.92. The molecule has 0 bridgehead atoms. The van der Waals surface area contributed by atoms with E-state index in [-0.39, 0.29) is 23.9 Å². The van der Waals surface area contributed by atoms with E-state index in [1.807, 2.05) is 6.92 Å². The van der Waals surface area contributed by atoms with Crippen LogP contribution >= 0.6 is 0 Å². The van der Waals surface area contributed by atoms with Crippen molar-refractivity contribution in [2.24, 2.45) is 22.7 Å². The van der Waals surface area contributed by atoms with Gasteiger partial charge in [0.15, 0.2) is 5.78 Å². The molecule has 2 unspecified atom stereocenters. The Labute approximate surface area is 141 Å². The highest BCUT2D eigenvalue weighted by atomic mass is 16.3. The van der Waals surface area contributed by atoms with E-state index in [1.165, 1.54) is 0 Å². The largest absolute Gasteiger partial charge is 0.392 e. The summed E-state index contributed by atoms with van der Waals surface area (Å²) in [6.07, 6.45) is 2.23. The zero-order chi connectivity index (χ0) is 17.5. The molecule has 0 amide bonds. The molecule has 3 N–H and O–H groups in total. The first-order valence-electron chi connectivity index (χ1n) is 9.00. The van der Waals surface area contributed by atoms with Crippen LogP contribution in [0.3, 0.4) is 0 Å². The van der Waals surface area contributed by atoms with Crippen LogP contribution in [0.15, 0.2) is 11.6 Å². The van der Waals surface area contributed by atoms with Crippen LogP contribution in [0, 0.1) is 22.7 Å². The van der Waals surface area contributed by atoms with Gasteiger partial charge in [-0.2, -0.15) is 0 Å². The number of aliphatic hydroxyl groups excluding tert-OH is 2. The lowest BCUT2D eigenvalue weighted by Gasteiger charge is -2.64. The monoisotopic (exact) mass is 334 g/mol. The summed E-state index contributed by atoms with van der Waals surface area (Å²) in [5.41, 5.74) is -1.99. The van der Waals surface area contributed by atoms with E-state index >= 15 is 0 Å². The standard InChI is InChI=1S/C19H26O5/c1-17-6-5-11(20)7-10(17)8-13(21)16-12-3-4-14(22)18(12,2)15(23)9-19(16,17)24/h7,12-13,15-16,21,23-24H,3-6,8-9H2,1-2H3/t12-,13?,15?,16+,17-,18-,19-/m0/s1. The molecular formula is C19H26O5. The molecule has 0 saturated heterocycles. The number of hydrogen-bond donors (Lipinski definition) is 3. The minimum Gasteiger partial charge on any atom is -0.392 e. The number of ketones is 2. The highest BCUT2D eigenvalue weighted by Gasteiger charge is 2.70. The first kappa shape index (κ1) is 16.4. The van der Waals surface area contributed by atoms with Crippen molar-refractivity contribution >= 4 is 11.6 Å². The smallest absolute Gasteiger partial charge is 0.155 e. The zero-order valence-electron chi connectivity index (χ0n) is 14.3. The molecule has 0 aliphatic heterocycles. The number of Topliss-reactive ketones (excluding diaryl/α,β-unsaturated/α-hetero) is 1. The van der Waals surface area contributed by atoms with Crippen LogP contribution < -0.4 is 0 Å². The van der Waals surface area contributed by atoms with Crippen LogP contribution in [0.4, 0.5) is 0 Å². The summed E-state index contributed by atoms with van der Waals surface area (Å²) >= 11 is 0. The fraction of sp³-hybridized carbons (Fsp3) is 0.789. The molecule has 4 aliphatic carbocycles. The molecule has 5 nitrogen and oxygen atoms in total. The van der Waals surface area contributed by atoms with Gasteiger partial charge in [-0.3, -0.25) is 9.59 Å². The van der Waals surface area contributed by atoms with Gasteiger partial charge in [0, 0.05) is 30.6 Å². The normalized spacial score (nSPS) is 54.0. The van der Waals surface area contributed by atoms with Gasteiger partial charge in [0.2, 0.25) is 0 Å². The van der Waals surface area contributed by atoms with Crippen molar-refractivity contribution in [2.75, 3.05) is 0 Å². The highest BCUT2D eigenvalue weighted by Crippen LogP contribution is 2.66. The van der Waals surface area contributed by atoms with Gasteiger partial charge in [0.1, 0.15) is 5.78 Å². The van der Waals surface area contributed by atoms with Gasteiger partial charge in [-0.05, 0) is 38.2 Å². The Morgan fingerprint density at radius 1 is 1.17 bits per heavy atom. The van der Waals surface area contributed by atoms with Gasteiger partial charge in [-0.25, -0.2) is 0 Å². The van der Waals surface area contributed by atoms with E-state index in [9.17, 15) is 24.9 Å². The van der Waals surface area contributed by atoms with Crippen molar-refractivity contribution in [2.45, 2.75) is 70.2 Å². The van der Waals surface area contributed by atoms with Gasteiger partial charge < -0.3 is 15.3 Å². The minimum absolute atomic E-state index is 0.0361. The van der Waals surface area contributed by atoms with Crippen molar-refractivity contribution in [3.63, 3.8) is 0 Å². The fourth-order valence-corrected chi connectivity index (χ4v) is 6.29. The summed E-state index contributed by atoms with van der Waals surface area (Å²) in [4.78, 5) is 24.3. The van der Waals surface area contributed by atoms with E-state index in [0.29, 0.717) is 32.1 Å². The predicted octanol–water partition coefficient (Wildman–Crippen LogP) is 1.14. The summed E-state index contributed by atoms with van der Waals surface area (Å²) in [5, 5.41) is 33.4. The molecule has 0 aromatic heterocycles. The summed E-state index contributed by atoms with van der Waals surface area (Å²) < 4.78 is 0. The number of carbonyl (C=O) groups excluding carboxylic acids is 2. The molecule has 5 heteroatoms. The molecule has 0 heterocycles. The summed E-state index contributed by atoms with van der Waals surface area (Å²) in [6, 6.07) is 0. The van der Waals surface area contributed by atoms with Gasteiger partial charge in [0.05, 0.1) is 23.2 Å². The summed E-state index contributed by atoms with van der Waals surface area (Å²) in [6.45, 7) is 3.75.